The first-order chi connectivity index (χ1) is 19.5. The number of amides is 3. The highest BCUT2D eigenvalue weighted by atomic mass is 16.5. The van der Waals surface area contributed by atoms with Crippen LogP contribution in [-0.2, 0) is 9.59 Å². The second-order valence-electron chi connectivity index (χ2n) is 11.1. The molecule has 0 atom stereocenters. The summed E-state index contributed by atoms with van der Waals surface area (Å²) in [6.07, 6.45) is 6.97. The summed E-state index contributed by atoms with van der Waals surface area (Å²) in [4.78, 5) is 46.1. The standard InChI is InChI=1S/C31H40N4O5/c1-39-25-14-9-15-26(40-2)28(25)29(37)33-18-16-31(17-19-33)30(38)34(22-35(31)24-12-7-4-8-13-24)21-27(36)32-20-23-10-5-3-6-11-23/h4,7-9,12-15,23H,3,5-6,10-11,16-22H2,1-2H3,(H,32,36). The van der Waals surface area contributed by atoms with Crippen molar-refractivity contribution in [3.63, 3.8) is 0 Å². The zero-order valence-corrected chi connectivity index (χ0v) is 23.6. The molecule has 2 aromatic carbocycles. The van der Waals surface area contributed by atoms with E-state index in [9.17, 15) is 14.4 Å². The van der Waals surface area contributed by atoms with Crippen molar-refractivity contribution in [3.8, 4) is 11.5 Å². The third-order valence-electron chi connectivity index (χ3n) is 8.75. The molecule has 0 aromatic heterocycles. The number of piperidine rings is 1. The van der Waals surface area contributed by atoms with E-state index in [0.29, 0.717) is 62.1 Å². The van der Waals surface area contributed by atoms with E-state index in [4.69, 9.17) is 9.47 Å². The summed E-state index contributed by atoms with van der Waals surface area (Å²) in [5.74, 6) is 1.10. The Labute approximate surface area is 236 Å². The predicted molar refractivity (Wildman–Crippen MR) is 153 cm³/mol. The first kappa shape index (κ1) is 27.8. The molecule has 1 N–H and O–H groups in total. The summed E-state index contributed by atoms with van der Waals surface area (Å²) in [5.41, 5.74) is 0.511. The number of rotatable bonds is 8. The fraction of sp³-hybridized carbons (Fsp3) is 0.516. The number of methoxy groups -OCH3 is 2. The molecule has 0 unspecified atom stereocenters. The maximum absolute atomic E-state index is 14.0. The lowest BCUT2D eigenvalue weighted by atomic mass is 9.85. The van der Waals surface area contributed by atoms with Crippen LogP contribution >= 0.6 is 0 Å². The summed E-state index contributed by atoms with van der Waals surface area (Å²) in [7, 11) is 3.07. The summed E-state index contributed by atoms with van der Waals surface area (Å²) in [6.45, 7) is 1.86. The van der Waals surface area contributed by atoms with Crippen molar-refractivity contribution in [2.45, 2.75) is 50.5 Å². The van der Waals surface area contributed by atoms with E-state index >= 15 is 0 Å². The molecular formula is C31H40N4O5. The molecule has 9 heteroatoms. The highest BCUT2D eigenvalue weighted by Gasteiger charge is 2.54. The Balaban J connectivity index is 1.31. The molecule has 40 heavy (non-hydrogen) atoms. The Morgan fingerprint density at radius 3 is 2.20 bits per heavy atom. The number of para-hydroxylation sites is 1. The van der Waals surface area contributed by atoms with Crippen molar-refractivity contribution in [3.05, 3.63) is 54.1 Å². The number of hydrogen-bond donors (Lipinski definition) is 1. The van der Waals surface area contributed by atoms with Gasteiger partial charge in [0.1, 0.15) is 29.1 Å². The smallest absolute Gasteiger partial charge is 0.261 e. The zero-order chi connectivity index (χ0) is 28.1. The minimum atomic E-state index is -0.813. The van der Waals surface area contributed by atoms with Crippen molar-refractivity contribution in [2.75, 3.05) is 52.0 Å². The van der Waals surface area contributed by atoms with E-state index in [0.717, 1.165) is 18.5 Å². The molecular weight excluding hydrogens is 508 g/mol. The maximum Gasteiger partial charge on any atom is 0.261 e. The number of carbonyl (C=O) groups excluding carboxylic acids is 3. The van der Waals surface area contributed by atoms with Crippen molar-refractivity contribution < 1.29 is 23.9 Å². The van der Waals surface area contributed by atoms with Crippen LogP contribution in [0.5, 0.6) is 11.5 Å². The number of benzene rings is 2. The normalized spacial score (nSPS) is 19.1. The van der Waals surface area contributed by atoms with Gasteiger partial charge in [0, 0.05) is 25.3 Å². The third kappa shape index (κ3) is 5.46. The van der Waals surface area contributed by atoms with Gasteiger partial charge in [-0.1, -0.05) is 43.5 Å². The van der Waals surface area contributed by atoms with Crippen molar-refractivity contribution >= 4 is 23.4 Å². The number of nitrogens with one attached hydrogen (secondary N) is 1. The van der Waals surface area contributed by atoms with Crippen LogP contribution in [0, 0.1) is 5.92 Å². The van der Waals surface area contributed by atoms with Gasteiger partial charge >= 0.3 is 0 Å². The third-order valence-corrected chi connectivity index (χ3v) is 8.75. The van der Waals surface area contributed by atoms with Gasteiger partial charge in [-0.2, -0.15) is 0 Å². The topological polar surface area (TPSA) is 91.4 Å². The largest absolute Gasteiger partial charge is 0.496 e. The molecule has 3 fully saturated rings. The number of hydrogen-bond acceptors (Lipinski definition) is 6. The fourth-order valence-electron chi connectivity index (χ4n) is 6.50. The minimum Gasteiger partial charge on any atom is -0.496 e. The van der Waals surface area contributed by atoms with Crippen LogP contribution in [0.3, 0.4) is 0 Å². The molecule has 2 aliphatic heterocycles. The van der Waals surface area contributed by atoms with Crippen molar-refractivity contribution in [2.24, 2.45) is 5.92 Å². The number of nitrogens with zero attached hydrogens (tertiary/aromatic N) is 3. The summed E-state index contributed by atoms with van der Waals surface area (Å²) in [5, 5.41) is 3.08. The summed E-state index contributed by atoms with van der Waals surface area (Å²) in [6, 6.07) is 15.1. The second kappa shape index (κ2) is 12.2. The van der Waals surface area contributed by atoms with Gasteiger partial charge in [0.25, 0.3) is 11.8 Å². The van der Waals surface area contributed by atoms with Gasteiger partial charge in [0.15, 0.2) is 0 Å². The average Bonchev–Trinajstić information content (AvgIpc) is 3.26. The molecule has 0 radical (unpaired) electrons. The molecule has 3 amide bonds. The zero-order valence-electron chi connectivity index (χ0n) is 23.6. The molecule has 1 spiro atoms. The van der Waals surface area contributed by atoms with Gasteiger partial charge in [-0.15, -0.1) is 0 Å². The highest BCUT2D eigenvalue weighted by Crippen LogP contribution is 2.40. The molecule has 2 heterocycles. The molecule has 1 saturated carbocycles. The quantitative estimate of drug-likeness (QED) is 0.541. The van der Waals surface area contributed by atoms with E-state index < -0.39 is 5.54 Å². The van der Waals surface area contributed by atoms with Crippen LogP contribution in [0.1, 0.15) is 55.3 Å². The van der Waals surface area contributed by atoms with Gasteiger partial charge in [0.05, 0.1) is 20.9 Å². The van der Waals surface area contributed by atoms with E-state index in [1.807, 2.05) is 30.3 Å². The SMILES string of the molecule is COc1cccc(OC)c1C(=O)N1CCC2(CC1)C(=O)N(CC(=O)NCC1CCCCC1)CN2c1ccccc1. The second-order valence-corrected chi connectivity index (χ2v) is 11.1. The van der Waals surface area contributed by atoms with E-state index in [1.54, 1.807) is 28.0 Å². The van der Waals surface area contributed by atoms with Gasteiger partial charge in [0.2, 0.25) is 5.91 Å². The monoisotopic (exact) mass is 548 g/mol. The maximum atomic E-state index is 14.0. The Morgan fingerprint density at radius 1 is 0.925 bits per heavy atom. The molecule has 9 nitrogen and oxygen atoms in total. The Kier molecular flexibility index (Phi) is 8.47. The molecule has 3 aliphatic rings. The van der Waals surface area contributed by atoms with E-state index in [1.165, 1.54) is 33.5 Å². The fourth-order valence-corrected chi connectivity index (χ4v) is 6.50. The van der Waals surface area contributed by atoms with Gasteiger partial charge in [-0.25, -0.2) is 0 Å². The van der Waals surface area contributed by atoms with Gasteiger partial charge in [-0.05, 0) is 55.9 Å². The van der Waals surface area contributed by atoms with Crippen LogP contribution in [0.2, 0.25) is 0 Å². The molecule has 2 aromatic rings. The minimum absolute atomic E-state index is 0.0394. The number of carbonyl (C=O) groups is 3. The Bertz CT molecular complexity index is 1180. The number of likely N-dealkylation sites (tertiary alicyclic amines) is 1. The lowest BCUT2D eigenvalue weighted by Crippen LogP contribution is -2.57. The van der Waals surface area contributed by atoms with Crippen LogP contribution in [0.4, 0.5) is 5.69 Å². The van der Waals surface area contributed by atoms with Crippen molar-refractivity contribution in [1.82, 2.24) is 15.1 Å². The van der Waals surface area contributed by atoms with Crippen molar-refractivity contribution in [1.29, 1.82) is 0 Å². The van der Waals surface area contributed by atoms with Crippen LogP contribution in [0.15, 0.2) is 48.5 Å². The molecule has 5 rings (SSSR count). The van der Waals surface area contributed by atoms with Gasteiger partial charge in [-0.3, -0.25) is 14.4 Å². The van der Waals surface area contributed by atoms with E-state index in [2.05, 4.69) is 10.2 Å². The summed E-state index contributed by atoms with van der Waals surface area (Å²) < 4.78 is 10.9. The molecule has 1 aliphatic carbocycles. The Morgan fingerprint density at radius 2 is 1.57 bits per heavy atom. The van der Waals surface area contributed by atoms with Crippen LogP contribution in [-0.4, -0.2) is 80.1 Å². The predicted octanol–water partition coefficient (Wildman–Crippen LogP) is 3.68. The lowest BCUT2D eigenvalue weighted by molar-refractivity contribution is -0.137. The van der Waals surface area contributed by atoms with Crippen LogP contribution < -0.4 is 19.7 Å². The summed E-state index contributed by atoms with van der Waals surface area (Å²) >= 11 is 0. The highest BCUT2D eigenvalue weighted by molar-refractivity contribution is 6.00. The lowest BCUT2D eigenvalue weighted by Gasteiger charge is -2.43. The van der Waals surface area contributed by atoms with Gasteiger partial charge < -0.3 is 29.5 Å². The van der Waals surface area contributed by atoms with Crippen LogP contribution in [0.25, 0.3) is 0 Å². The molecule has 0 bridgehead atoms. The first-order valence-electron chi connectivity index (χ1n) is 14.4. The molecule has 2 saturated heterocycles. The number of ether oxygens (including phenoxy) is 2. The number of anilines is 1. The first-order valence-corrected chi connectivity index (χ1v) is 14.4. The molecule has 214 valence electrons. The van der Waals surface area contributed by atoms with E-state index in [-0.39, 0.29) is 24.3 Å². The Hall–Kier alpha value is -3.75. The average molecular weight is 549 g/mol.